The van der Waals surface area contributed by atoms with Crippen LogP contribution in [0.5, 0.6) is 0 Å². The predicted octanol–water partition coefficient (Wildman–Crippen LogP) is 0.861. The number of benzene rings is 1. The predicted molar refractivity (Wildman–Crippen MR) is 48.2 cm³/mol. The molecule has 0 bridgehead atoms. The van der Waals surface area contributed by atoms with Gasteiger partial charge in [-0.05, 0) is 12.1 Å². The van der Waals surface area contributed by atoms with Crippen LogP contribution in [-0.4, -0.2) is 12.0 Å². The molecule has 0 saturated heterocycles. The van der Waals surface area contributed by atoms with Crippen LogP contribution in [0.1, 0.15) is 10.4 Å². The molecule has 5 heteroatoms. The van der Waals surface area contributed by atoms with Gasteiger partial charge >= 0.3 is 12.0 Å². The van der Waals surface area contributed by atoms with Crippen molar-refractivity contribution in [3.8, 4) is 0 Å². The standard InChI is InChI=1S/C9H7N2O3/c10-9(13)11-5-14-8(12)6-3-1-2-4-7(6)11/h1-5H,(H2,10,13). The Labute approximate surface area is 80.1 Å². The molecule has 1 aliphatic heterocycles. The normalized spacial score (nSPS) is 14.6. The number of cyclic esters (lactones) is 1. The summed E-state index contributed by atoms with van der Waals surface area (Å²) in [5.41, 5.74) is 5.86. The maximum absolute atomic E-state index is 11.2. The number of carbonyl (C=O) groups excluding carboxylic acids is 2. The Morgan fingerprint density at radius 2 is 2.07 bits per heavy atom. The smallest absolute Gasteiger partial charge is 0.342 e. The minimum Gasteiger partial charge on any atom is -0.431 e. The summed E-state index contributed by atoms with van der Waals surface area (Å²) in [6, 6.07) is 5.90. The van der Waals surface area contributed by atoms with Crippen LogP contribution in [0.3, 0.4) is 0 Å². The number of hydrogen-bond donors (Lipinski definition) is 1. The largest absolute Gasteiger partial charge is 0.431 e. The molecule has 0 aromatic heterocycles. The Hall–Kier alpha value is -2.04. The van der Waals surface area contributed by atoms with E-state index in [4.69, 9.17) is 5.73 Å². The molecule has 2 rings (SSSR count). The summed E-state index contributed by atoms with van der Waals surface area (Å²) in [5, 5.41) is 0. The third-order valence-electron chi connectivity index (χ3n) is 1.89. The second-order valence-corrected chi connectivity index (χ2v) is 2.74. The van der Waals surface area contributed by atoms with Crippen molar-refractivity contribution in [2.75, 3.05) is 4.90 Å². The Morgan fingerprint density at radius 3 is 2.79 bits per heavy atom. The van der Waals surface area contributed by atoms with Crippen molar-refractivity contribution in [1.29, 1.82) is 0 Å². The molecule has 1 aromatic carbocycles. The van der Waals surface area contributed by atoms with Crippen LogP contribution in [0.2, 0.25) is 0 Å². The molecule has 0 saturated carbocycles. The van der Waals surface area contributed by atoms with Gasteiger partial charge in [0.15, 0.2) is 0 Å². The lowest BCUT2D eigenvalue weighted by Crippen LogP contribution is -2.38. The molecule has 0 fully saturated rings. The molecule has 0 unspecified atom stereocenters. The molecular weight excluding hydrogens is 184 g/mol. The highest BCUT2D eigenvalue weighted by Crippen LogP contribution is 2.26. The molecule has 1 heterocycles. The first-order valence-corrected chi connectivity index (χ1v) is 3.92. The number of para-hydroxylation sites is 1. The number of ether oxygens (including phenoxy) is 1. The molecule has 1 radical (unpaired) electrons. The third-order valence-corrected chi connectivity index (χ3v) is 1.89. The quantitative estimate of drug-likeness (QED) is 0.618. The van der Waals surface area contributed by atoms with Crippen molar-refractivity contribution >= 4 is 17.7 Å². The number of primary amides is 1. The van der Waals surface area contributed by atoms with E-state index in [-0.39, 0.29) is 0 Å². The Morgan fingerprint density at radius 1 is 1.36 bits per heavy atom. The number of amides is 2. The van der Waals surface area contributed by atoms with Gasteiger partial charge in [-0.25, -0.2) is 9.59 Å². The van der Waals surface area contributed by atoms with Crippen LogP contribution in [0, 0.1) is 6.73 Å². The highest BCUT2D eigenvalue weighted by atomic mass is 16.5. The molecule has 1 aliphatic rings. The van der Waals surface area contributed by atoms with Crippen molar-refractivity contribution in [1.82, 2.24) is 0 Å². The van der Waals surface area contributed by atoms with E-state index in [2.05, 4.69) is 4.74 Å². The van der Waals surface area contributed by atoms with Gasteiger partial charge < -0.3 is 10.5 Å². The molecule has 1 aromatic rings. The van der Waals surface area contributed by atoms with Gasteiger partial charge in [-0.1, -0.05) is 12.1 Å². The number of nitrogens with zero attached hydrogens (tertiary/aromatic N) is 1. The van der Waals surface area contributed by atoms with Crippen LogP contribution in [0.4, 0.5) is 10.5 Å². The van der Waals surface area contributed by atoms with Crippen molar-refractivity contribution in [2.24, 2.45) is 5.73 Å². The molecule has 5 nitrogen and oxygen atoms in total. The third kappa shape index (κ3) is 1.19. The van der Waals surface area contributed by atoms with Gasteiger partial charge in [-0.3, -0.25) is 4.90 Å². The number of hydrogen-bond acceptors (Lipinski definition) is 3. The summed E-state index contributed by atoms with van der Waals surface area (Å²) in [7, 11) is 0. The van der Waals surface area contributed by atoms with Gasteiger partial charge in [0.05, 0.1) is 11.3 Å². The number of urea groups is 1. The molecule has 2 amide bonds. The first-order valence-electron chi connectivity index (χ1n) is 3.92. The summed E-state index contributed by atoms with van der Waals surface area (Å²) >= 11 is 0. The molecular formula is C9H7N2O3. The fraction of sp³-hybridized carbons (Fsp3) is 0. The minimum atomic E-state index is -0.690. The zero-order chi connectivity index (χ0) is 10.1. The van der Waals surface area contributed by atoms with Gasteiger partial charge in [0, 0.05) is 0 Å². The van der Waals surface area contributed by atoms with E-state index in [1.54, 1.807) is 24.3 Å². The number of anilines is 1. The van der Waals surface area contributed by atoms with Crippen molar-refractivity contribution in [3.05, 3.63) is 36.6 Å². The molecule has 0 aliphatic carbocycles. The topological polar surface area (TPSA) is 72.6 Å². The summed E-state index contributed by atoms with van der Waals surface area (Å²) < 4.78 is 4.64. The molecule has 0 spiro atoms. The molecule has 71 valence electrons. The van der Waals surface area contributed by atoms with E-state index in [0.717, 1.165) is 11.6 Å². The fourth-order valence-corrected chi connectivity index (χ4v) is 1.25. The zero-order valence-corrected chi connectivity index (χ0v) is 7.14. The van der Waals surface area contributed by atoms with E-state index >= 15 is 0 Å². The number of rotatable bonds is 0. The van der Waals surface area contributed by atoms with E-state index in [9.17, 15) is 9.59 Å². The Balaban J connectivity index is 2.52. The van der Waals surface area contributed by atoms with E-state index in [1.165, 1.54) is 0 Å². The summed E-state index contributed by atoms with van der Waals surface area (Å²) in [6.07, 6.45) is 0. The van der Waals surface area contributed by atoms with Crippen molar-refractivity contribution in [2.45, 2.75) is 0 Å². The van der Waals surface area contributed by atoms with Crippen LogP contribution in [0.25, 0.3) is 0 Å². The average molecular weight is 191 g/mol. The SMILES string of the molecule is NC(=O)N1[CH]OC(=O)c2ccccc21. The van der Waals surface area contributed by atoms with Crippen LogP contribution >= 0.6 is 0 Å². The lowest BCUT2D eigenvalue weighted by Gasteiger charge is -2.25. The number of esters is 1. The highest BCUT2D eigenvalue weighted by molar-refractivity contribution is 6.04. The molecule has 2 N–H and O–H groups in total. The lowest BCUT2D eigenvalue weighted by molar-refractivity contribution is 0.0590. The Kier molecular flexibility index (Phi) is 1.85. The first kappa shape index (κ1) is 8.55. The van der Waals surface area contributed by atoms with Crippen LogP contribution in [-0.2, 0) is 4.74 Å². The van der Waals surface area contributed by atoms with Gasteiger partial charge in [-0.15, -0.1) is 0 Å². The van der Waals surface area contributed by atoms with Crippen molar-refractivity contribution < 1.29 is 14.3 Å². The van der Waals surface area contributed by atoms with Crippen LogP contribution in [0.15, 0.2) is 24.3 Å². The monoisotopic (exact) mass is 191 g/mol. The second kappa shape index (κ2) is 3.02. The molecule has 14 heavy (non-hydrogen) atoms. The van der Waals surface area contributed by atoms with E-state index < -0.39 is 12.0 Å². The van der Waals surface area contributed by atoms with Gasteiger partial charge in [0.2, 0.25) is 6.73 Å². The maximum atomic E-state index is 11.2. The zero-order valence-electron chi connectivity index (χ0n) is 7.14. The van der Waals surface area contributed by atoms with E-state index in [1.807, 2.05) is 0 Å². The first-order chi connectivity index (χ1) is 6.70. The summed E-state index contributed by atoms with van der Waals surface area (Å²) in [4.78, 5) is 23.3. The van der Waals surface area contributed by atoms with Gasteiger partial charge in [-0.2, -0.15) is 0 Å². The van der Waals surface area contributed by atoms with Gasteiger partial charge in [0.25, 0.3) is 0 Å². The summed E-state index contributed by atoms with van der Waals surface area (Å²) in [6.45, 7) is 1.01. The van der Waals surface area contributed by atoms with E-state index in [0.29, 0.717) is 11.3 Å². The number of nitrogens with two attached hydrogens (primary N) is 1. The lowest BCUT2D eigenvalue weighted by atomic mass is 10.1. The minimum absolute atomic E-state index is 0.328. The van der Waals surface area contributed by atoms with Crippen LogP contribution < -0.4 is 10.6 Å². The molecule has 0 atom stereocenters. The average Bonchev–Trinajstić information content (AvgIpc) is 2.18. The highest BCUT2D eigenvalue weighted by Gasteiger charge is 2.27. The Bertz CT molecular complexity index is 403. The van der Waals surface area contributed by atoms with Gasteiger partial charge in [0.1, 0.15) is 0 Å². The summed E-state index contributed by atoms with van der Waals surface area (Å²) in [5.74, 6) is -0.488. The second-order valence-electron chi connectivity index (χ2n) is 2.74. The maximum Gasteiger partial charge on any atom is 0.342 e. The fourth-order valence-electron chi connectivity index (χ4n) is 1.25. The number of carbonyl (C=O) groups is 2. The number of fused-ring (bicyclic) bond motifs is 1. The van der Waals surface area contributed by atoms with Crippen molar-refractivity contribution in [3.63, 3.8) is 0 Å².